The van der Waals surface area contributed by atoms with Gasteiger partial charge in [-0.15, -0.1) is 0 Å². The second-order valence-electron chi connectivity index (χ2n) is 7.53. The molecule has 4 rings (SSSR count). The Kier molecular flexibility index (Phi) is 5.27. The van der Waals surface area contributed by atoms with Crippen LogP contribution in [0.2, 0.25) is 0 Å². The fraction of sp³-hybridized carbons (Fsp3) is 0.200. The number of amides is 1. The normalized spacial score (nSPS) is 17.1. The van der Waals surface area contributed by atoms with Crippen LogP contribution < -0.4 is 10.1 Å². The summed E-state index contributed by atoms with van der Waals surface area (Å²) in [5.74, 6) is -0.313. The molecule has 5 heteroatoms. The average molecular weight is 401 g/mol. The molecule has 1 unspecified atom stereocenters. The predicted octanol–water partition coefficient (Wildman–Crippen LogP) is 4.29. The third-order valence-electron chi connectivity index (χ3n) is 5.59. The zero-order valence-corrected chi connectivity index (χ0v) is 16.7. The van der Waals surface area contributed by atoms with Crippen molar-refractivity contribution in [3.8, 4) is 5.75 Å². The van der Waals surface area contributed by atoms with Gasteiger partial charge in [0.15, 0.2) is 0 Å². The summed E-state index contributed by atoms with van der Waals surface area (Å²) in [6, 6.07) is 22.7. The van der Waals surface area contributed by atoms with Gasteiger partial charge in [0.25, 0.3) is 0 Å². The molecule has 1 amide bonds. The number of nitrogens with one attached hydrogen (secondary N) is 1. The minimum atomic E-state index is -0.944. The van der Waals surface area contributed by atoms with E-state index in [-0.39, 0.29) is 11.5 Å². The van der Waals surface area contributed by atoms with Crippen molar-refractivity contribution in [2.75, 3.05) is 0 Å². The Morgan fingerprint density at radius 3 is 2.33 bits per heavy atom. The maximum atomic E-state index is 12.4. The van der Waals surface area contributed by atoms with E-state index in [2.05, 4.69) is 5.32 Å². The number of para-hydroxylation sites is 1. The van der Waals surface area contributed by atoms with Crippen LogP contribution in [0.25, 0.3) is 0 Å². The average Bonchev–Trinajstić information content (AvgIpc) is 2.88. The first kappa shape index (κ1) is 19.7. The van der Waals surface area contributed by atoms with E-state index in [9.17, 15) is 9.59 Å². The molecule has 1 aliphatic heterocycles. The maximum absolute atomic E-state index is 12.4. The van der Waals surface area contributed by atoms with Gasteiger partial charge in [-0.25, -0.2) is 4.79 Å². The first-order valence-electron chi connectivity index (χ1n) is 9.91. The number of carbonyl (C=O) groups excluding carboxylic acids is 1. The van der Waals surface area contributed by atoms with Crippen LogP contribution in [0.1, 0.15) is 46.0 Å². The fourth-order valence-electron chi connectivity index (χ4n) is 4.22. The van der Waals surface area contributed by atoms with E-state index in [1.54, 1.807) is 12.1 Å². The number of aryl methyl sites for hydroxylation is 1. The Labute approximate surface area is 175 Å². The third-order valence-corrected chi connectivity index (χ3v) is 5.59. The number of carboxylic acid groups (broad SMARTS) is 1. The van der Waals surface area contributed by atoms with Crippen molar-refractivity contribution in [1.29, 1.82) is 0 Å². The molecule has 0 fully saturated rings. The van der Waals surface area contributed by atoms with Gasteiger partial charge < -0.3 is 15.2 Å². The zero-order valence-electron chi connectivity index (χ0n) is 16.7. The molecular weight excluding hydrogens is 378 g/mol. The molecule has 3 aromatic carbocycles. The van der Waals surface area contributed by atoms with Crippen LogP contribution >= 0.6 is 0 Å². The monoisotopic (exact) mass is 401 g/mol. The number of hydrogen-bond acceptors (Lipinski definition) is 3. The zero-order chi connectivity index (χ0) is 21.1. The Balaban J connectivity index is 1.80. The van der Waals surface area contributed by atoms with Crippen molar-refractivity contribution in [1.82, 2.24) is 5.32 Å². The van der Waals surface area contributed by atoms with Gasteiger partial charge in [-0.3, -0.25) is 4.79 Å². The molecule has 0 aliphatic carbocycles. The van der Waals surface area contributed by atoms with Crippen molar-refractivity contribution in [3.63, 3.8) is 0 Å². The lowest BCUT2D eigenvalue weighted by molar-refractivity contribution is -0.120. The van der Waals surface area contributed by atoms with E-state index < -0.39 is 11.5 Å². The molecule has 30 heavy (non-hydrogen) atoms. The summed E-state index contributed by atoms with van der Waals surface area (Å²) in [7, 11) is 0. The fourth-order valence-corrected chi connectivity index (χ4v) is 4.22. The maximum Gasteiger partial charge on any atom is 0.335 e. The molecule has 152 valence electrons. The number of carboxylic acids is 1. The topological polar surface area (TPSA) is 75.6 Å². The Morgan fingerprint density at radius 1 is 0.967 bits per heavy atom. The van der Waals surface area contributed by atoms with E-state index >= 15 is 0 Å². The van der Waals surface area contributed by atoms with Gasteiger partial charge >= 0.3 is 5.97 Å². The lowest BCUT2D eigenvalue weighted by Crippen LogP contribution is -2.46. The van der Waals surface area contributed by atoms with Crippen molar-refractivity contribution >= 4 is 11.9 Å². The largest absolute Gasteiger partial charge is 0.489 e. The van der Waals surface area contributed by atoms with Crippen molar-refractivity contribution in [3.05, 3.63) is 101 Å². The molecule has 5 nitrogen and oxygen atoms in total. The SMILES string of the molecule is CC(=O)NC1(CCc2ccc(C(=O)O)cc2)c2ccccc2COc2ccccc21. The lowest BCUT2D eigenvalue weighted by Gasteiger charge is -2.36. The van der Waals surface area contributed by atoms with E-state index in [4.69, 9.17) is 9.84 Å². The number of fused-ring (bicyclic) bond motifs is 2. The molecule has 0 aromatic heterocycles. The molecule has 0 radical (unpaired) electrons. The van der Waals surface area contributed by atoms with Crippen LogP contribution in [0, 0.1) is 0 Å². The molecule has 0 bridgehead atoms. The van der Waals surface area contributed by atoms with Gasteiger partial charge in [0, 0.05) is 12.5 Å². The van der Waals surface area contributed by atoms with Gasteiger partial charge in [0.1, 0.15) is 12.4 Å². The summed E-state index contributed by atoms with van der Waals surface area (Å²) in [5, 5.41) is 12.4. The smallest absolute Gasteiger partial charge is 0.335 e. The molecule has 0 spiro atoms. The number of benzene rings is 3. The van der Waals surface area contributed by atoms with Crippen LogP contribution in [0.4, 0.5) is 0 Å². The summed E-state index contributed by atoms with van der Waals surface area (Å²) >= 11 is 0. The third kappa shape index (κ3) is 3.66. The van der Waals surface area contributed by atoms with Crippen LogP contribution in [0.15, 0.2) is 72.8 Å². The molecule has 0 saturated heterocycles. The highest BCUT2D eigenvalue weighted by molar-refractivity contribution is 5.87. The first-order valence-corrected chi connectivity index (χ1v) is 9.91. The number of rotatable bonds is 5. The van der Waals surface area contributed by atoms with E-state index in [0.29, 0.717) is 19.4 Å². The van der Waals surface area contributed by atoms with Gasteiger partial charge in [0.2, 0.25) is 5.91 Å². The highest BCUT2D eigenvalue weighted by Crippen LogP contribution is 2.43. The number of carbonyl (C=O) groups is 2. The molecule has 2 N–H and O–H groups in total. The summed E-state index contributed by atoms with van der Waals surface area (Å²) in [5.41, 5.74) is 3.49. The Hall–Kier alpha value is -3.60. The van der Waals surface area contributed by atoms with Gasteiger partial charge in [-0.2, -0.15) is 0 Å². The van der Waals surface area contributed by atoms with Gasteiger partial charge in [-0.1, -0.05) is 54.6 Å². The second kappa shape index (κ2) is 8.03. The summed E-state index contributed by atoms with van der Waals surface area (Å²) in [6.45, 7) is 1.96. The standard InChI is InChI=1S/C25H23NO4/c1-17(27)26-25(15-14-18-10-12-19(13-11-18)24(28)29)21-7-3-2-6-20(21)16-30-23-9-5-4-8-22(23)25/h2-13H,14-16H2,1H3,(H,26,27)(H,28,29). The summed E-state index contributed by atoms with van der Waals surface area (Å²) < 4.78 is 6.09. The summed E-state index contributed by atoms with van der Waals surface area (Å²) in [6.07, 6.45) is 1.26. The quantitative estimate of drug-likeness (QED) is 0.669. The van der Waals surface area contributed by atoms with Crippen LogP contribution in [-0.2, 0) is 23.4 Å². The van der Waals surface area contributed by atoms with E-state index in [1.165, 1.54) is 6.92 Å². The number of ether oxygens (including phenoxy) is 1. The highest BCUT2D eigenvalue weighted by atomic mass is 16.5. The van der Waals surface area contributed by atoms with Crippen LogP contribution in [0.3, 0.4) is 0 Å². The minimum absolute atomic E-state index is 0.122. The van der Waals surface area contributed by atoms with Gasteiger partial charge in [-0.05, 0) is 47.7 Å². The molecule has 1 heterocycles. The molecule has 1 atom stereocenters. The number of aromatic carboxylic acids is 1. The molecule has 3 aromatic rings. The summed E-state index contributed by atoms with van der Waals surface area (Å²) in [4.78, 5) is 23.5. The molecule has 1 aliphatic rings. The van der Waals surface area contributed by atoms with E-state index in [0.717, 1.165) is 28.0 Å². The van der Waals surface area contributed by atoms with Crippen molar-refractivity contribution in [2.24, 2.45) is 0 Å². The Bertz CT molecular complexity index is 1040. The molecule has 0 saturated carbocycles. The lowest BCUT2D eigenvalue weighted by atomic mass is 9.76. The first-order chi connectivity index (χ1) is 14.5. The van der Waals surface area contributed by atoms with Crippen LogP contribution in [-0.4, -0.2) is 17.0 Å². The minimum Gasteiger partial charge on any atom is -0.489 e. The van der Waals surface area contributed by atoms with Gasteiger partial charge in [0.05, 0.1) is 11.1 Å². The second-order valence-corrected chi connectivity index (χ2v) is 7.53. The van der Waals surface area contributed by atoms with E-state index in [1.807, 2.05) is 60.7 Å². The number of hydrogen-bond donors (Lipinski definition) is 2. The molecular formula is C25H23NO4. The predicted molar refractivity (Wildman–Crippen MR) is 114 cm³/mol. The van der Waals surface area contributed by atoms with Crippen molar-refractivity contribution < 1.29 is 19.4 Å². The highest BCUT2D eigenvalue weighted by Gasteiger charge is 2.40. The Morgan fingerprint density at radius 2 is 1.63 bits per heavy atom. The van der Waals surface area contributed by atoms with Crippen LogP contribution in [0.5, 0.6) is 5.75 Å². The van der Waals surface area contributed by atoms with Crippen molar-refractivity contribution in [2.45, 2.75) is 31.9 Å².